The van der Waals surface area contributed by atoms with Gasteiger partial charge in [0.2, 0.25) is 11.8 Å². The molecule has 0 unspecified atom stereocenters. The van der Waals surface area contributed by atoms with Gasteiger partial charge in [-0.05, 0) is 12.2 Å². The van der Waals surface area contributed by atoms with Crippen molar-refractivity contribution in [3.8, 4) is 0 Å². The minimum absolute atomic E-state index is 0.0425. The van der Waals surface area contributed by atoms with E-state index in [-0.39, 0.29) is 17.3 Å². The molecule has 0 spiro atoms. The third-order valence-corrected chi connectivity index (χ3v) is 1.41. The molecule has 6 heteroatoms. The van der Waals surface area contributed by atoms with Gasteiger partial charge in [-0.1, -0.05) is 6.92 Å². The van der Waals surface area contributed by atoms with Gasteiger partial charge in [0.15, 0.2) is 0 Å². The highest BCUT2D eigenvalue weighted by atomic mass is 32.1. The van der Waals surface area contributed by atoms with E-state index in [1.807, 2.05) is 0 Å². The van der Waals surface area contributed by atoms with Crippen molar-refractivity contribution in [2.45, 2.75) is 19.9 Å². The lowest BCUT2D eigenvalue weighted by Crippen LogP contribution is -2.21. The minimum Gasteiger partial charge on any atom is -0.412 e. The molecule has 1 heterocycles. The second kappa shape index (κ2) is 4.01. The van der Waals surface area contributed by atoms with Crippen molar-refractivity contribution in [3.63, 3.8) is 0 Å². The zero-order valence-corrected chi connectivity index (χ0v) is 7.40. The van der Waals surface area contributed by atoms with Gasteiger partial charge in [0, 0.05) is 6.42 Å². The highest BCUT2D eigenvalue weighted by Crippen LogP contribution is 1.93. The summed E-state index contributed by atoms with van der Waals surface area (Å²) in [5.74, 6) is 0.348. The van der Waals surface area contributed by atoms with Crippen LogP contribution in [0.25, 0.3) is 0 Å². The molecule has 0 aromatic carbocycles. The molecule has 1 rings (SSSR count). The lowest BCUT2D eigenvalue weighted by molar-refractivity contribution is -0.121. The normalized spacial score (nSPS) is 9.75. The van der Waals surface area contributed by atoms with Crippen LogP contribution in [-0.2, 0) is 11.3 Å². The van der Waals surface area contributed by atoms with Crippen LogP contribution in [0.1, 0.15) is 19.2 Å². The molecule has 1 amide bonds. The summed E-state index contributed by atoms with van der Waals surface area (Å²) in [6.07, 6.45) is 0.450. The van der Waals surface area contributed by atoms with Crippen LogP contribution in [0.4, 0.5) is 0 Å². The number of H-pyrrole nitrogens is 1. The topological polar surface area (TPSA) is 70.9 Å². The van der Waals surface area contributed by atoms with E-state index < -0.39 is 0 Å². The number of rotatable bonds is 3. The summed E-state index contributed by atoms with van der Waals surface area (Å²) in [5.41, 5.74) is 0. The fraction of sp³-hybridized carbons (Fsp3) is 0.500. The number of hydrogen-bond donors (Lipinski definition) is 2. The molecule has 0 saturated carbocycles. The quantitative estimate of drug-likeness (QED) is 0.685. The van der Waals surface area contributed by atoms with Crippen LogP contribution < -0.4 is 5.32 Å². The SMILES string of the molecule is CCC(=O)NCc1n[nH]c(=S)o1. The molecule has 2 N–H and O–H groups in total. The van der Waals surface area contributed by atoms with Crippen LogP contribution in [-0.4, -0.2) is 16.1 Å². The third kappa shape index (κ3) is 2.46. The van der Waals surface area contributed by atoms with Gasteiger partial charge < -0.3 is 9.73 Å². The summed E-state index contributed by atoms with van der Waals surface area (Å²) >= 11 is 4.64. The first-order chi connectivity index (χ1) is 5.72. The van der Waals surface area contributed by atoms with Crippen molar-refractivity contribution in [3.05, 3.63) is 10.7 Å². The summed E-state index contributed by atoms with van der Waals surface area (Å²) < 4.78 is 4.91. The lowest BCUT2D eigenvalue weighted by atomic mass is 10.4. The Morgan fingerprint density at radius 2 is 2.58 bits per heavy atom. The van der Waals surface area contributed by atoms with Crippen LogP contribution in [0.2, 0.25) is 0 Å². The Morgan fingerprint density at radius 3 is 3.08 bits per heavy atom. The molecule has 0 radical (unpaired) electrons. The standard InChI is InChI=1S/C6H9N3O2S/c1-2-4(10)7-3-5-8-9-6(12)11-5/h2-3H2,1H3,(H,7,10)(H,9,12). The molecule has 12 heavy (non-hydrogen) atoms. The summed E-state index contributed by atoms with van der Waals surface area (Å²) in [6.45, 7) is 2.05. The average molecular weight is 187 g/mol. The summed E-state index contributed by atoms with van der Waals surface area (Å²) in [7, 11) is 0. The van der Waals surface area contributed by atoms with E-state index in [4.69, 9.17) is 4.42 Å². The number of nitrogens with zero attached hydrogens (tertiary/aromatic N) is 1. The van der Waals surface area contributed by atoms with Gasteiger partial charge in [-0.15, -0.1) is 5.10 Å². The Labute approximate surface area is 74.2 Å². The number of nitrogens with one attached hydrogen (secondary N) is 2. The van der Waals surface area contributed by atoms with Crippen molar-refractivity contribution in [1.29, 1.82) is 0 Å². The van der Waals surface area contributed by atoms with Crippen LogP contribution in [0, 0.1) is 4.84 Å². The van der Waals surface area contributed by atoms with Crippen molar-refractivity contribution < 1.29 is 9.21 Å². The highest BCUT2D eigenvalue weighted by molar-refractivity contribution is 7.71. The largest absolute Gasteiger partial charge is 0.412 e. The fourth-order valence-electron chi connectivity index (χ4n) is 0.635. The zero-order valence-electron chi connectivity index (χ0n) is 6.59. The Bertz CT molecular complexity index is 317. The van der Waals surface area contributed by atoms with E-state index in [1.54, 1.807) is 6.92 Å². The summed E-state index contributed by atoms with van der Waals surface area (Å²) in [5, 5.41) is 8.77. The van der Waals surface area contributed by atoms with Gasteiger partial charge in [-0.25, -0.2) is 5.10 Å². The Hall–Kier alpha value is -1.17. The lowest BCUT2D eigenvalue weighted by Gasteiger charge is -1.96. The van der Waals surface area contributed by atoms with Crippen LogP contribution >= 0.6 is 12.2 Å². The molecule has 0 saturated heterocycles. The minimum atomic E-state index is -0.0425. The van der Waals surface area contributed by atoms with Gasteiger partial charge >= 0.3 is 0 Å². The molecule has 0 aliphatic rings. The van der Waals surface area contributed by atoms with Gasteiger partial charge in [0.1, 0.15) is 0 Å². The number of hydrogen-bond acceptors (Lipinski definition) is 4. The van der Waals surface area contributed by atoms with Crippen molar-refractivity contribution in [2.75, 3.05) is 0 Å². The van der Waals surface area contributed by atoms with Crippen LogP contribution in [0.5, 0.6) is 0 Å². The fourth-order valence-corrected chi connectivity index (χ4v) is 0.777. The molecule has 0 bridgehead atoms. The molecular weight excluding hydrogens is 178 g/mol. The van der Waals surface area contributed by atoms with Crippen LogP contribution in [0.3, 0.4) is 0 Å². The molecule has 0 aliphatic heterocycles. The molecule has 1 aromatic rings. The van der Waals surface area contributed by atoms with Crippen molar-refractivity contribution in [2.24, 2.45) is 0 Å². The van der Waals surface area contributed by atoms with E-state index in [0.717, 1.165) is 0 Å². The van der Waals surface area contributed by atoms with Crippen molar-refractivity contribution in [1.82, 2.24) is 15.5 Å². The van der Waals surface area contributed by atoms with E-state index >= 15 is 0 Å². The monoisotopic (exact) mass is 187 g/mol. The Balaban J connectivity index is 2.43. The smallest absolute Gasteiger partial charge is 0.284 e. The maximum Gasteiger partial charge on any atom is 0.284 e. The summed E-state index contributed by atoms with van der Waals surface area (Å²) in [6, 6.07) is 0. The average Bonchev–Trinajstić information content (AvgIpc) is 2.47. The first-order valence-corrected chi connectivity index (χ1v) is 3.94. The Kier molecular flexibility index (Phi) is 2.98. The van der Waals surface area contributed by atoms with Gasteiger partial charge in [0.05, 0.1) is 6.54 Å². The van der Waals surface area contributed by atoms with Gasteiger partial charge in [-0.3, -0.25) is 4.79 Å². The van der Waals surface area contributed by atoms with Crippen molar-refractivity contribution >= 4 is 18.1 Å². The molecule has 0 aliphatic carbocycles. The molecule has 0 atom stereocenters. The van der Waals surface area contributed by atoms with Crippen LogP contribution in [0.15, 0.2) is 4.42 Å². The number of carbonyl (C=O) groups excluding carboxylic acids is 1. The maximum atomic E-state index is 10.8. The molecule has 1 aromatic heterocycles. The van der Waals surface area contributed by atoms with Gasteiger partial charge in [-0.2, -0.15) is 0 Å². The number of carbonyl (C=O) groups is 1. The number of aromatic nitrogens is 2. The maximum absolute atomic E-state index is 10.8. The third-order valence-electron chi connectivity index (χ3n) is 1.24. The number of aromatic amines is 1. The van der Waals surface area contributed by atoms with E-state index in [2.05, 4.69) is 27.7 Å². The highest BCUT2D eigenvalue weighted by Gasteiger charge is 2.00. The molecule has 66 valence electrons. The zero-order chi connectivity index (χ0) is 8.97. The predicted molar refractivity (Wildman–Crippen MR) is 43.8 cm³/mol. The summed E-state index contributed by atoms with van der Waals surface area (Å²) in [4.78, 5) is 11.0. The van der Waals surface area contributed by atoms with E-state index in [1.165, 1.54) is 0 Å². The predicted octanol–water partition coefficient (Wildman–Crippen LogP) is 0.758. The van der Waals surface area contributed by atoms with Gasteiger partial charge in [0.25, 0.3) is 4.84 Å². The first-order valence-electron chi connectivity index (χ1n) is 3.53. The van der Waals surface area contributed by atoms with E-state index in [0.29, 0.717) is 12.3 Å². The molecule has 0 fully saturated rings. The first kappa shape index (κ1) is 8.92. The molecular formula is C6H9N3O2S. The second-order valence-electron chi connectivity index (χ2n) is 2.14. The Morgan fingerprint density at radius 1 is 1.83 bits per heavy atom. The number of amides is 1. The molecule has 5 nitrogen and oxygen atoms in total. The second-order valence-corrected chi connectivity index (χ2v) is 2.51. The van der Waals surface area contributed by atoms with E-state index in [9.17, 15) is 4.79 Å².